The number of hydrogen-bond donors (Lipinski definition) is 2. The molecule has 5 heteroatoms. The van der Waals surface area contributed by atoms with E-state index in [1.54, 1.807) is 6.07 Å². The highest BCUT2D eigenvalue weighted by Gasteiger charge is 2.14. The van der Waals surface area contributed by atoms with Gasteiger partial charge >= 0.3 is 0 Å². The van der Waals surface area contributed by atoms with Crippen LogP contribution >= 0.6 is 0 Å². The van der Waals surface area contributed by atoms with Gasteiger partial charge in [0.2, 0.25) is 5.91 Å². The van der Waals surface area contributed by atoms with E-state index in [0.29, 0.717) is 31.7 Å². The lowest BCUT2D eigenvalue weighted by atomic mass is 10.1. The fraction of sp³-hybridized carbons (Fsp3) is 0.417. The lowest BCUT2D eigenvalue weighted by molar-refractivity contribution is -0.120. The van der Waals surface area contributed by atoms with Crippen LogP contribution in [-0.2, 0) is 11.3 Å². The quantitative estimate of drug-likeness (QED) is 0.745. The van der Waals surface area contributed by atoms with Gasteiger partial charge < -0.3 is 11.1 Å². The minimum atomic E-state index is -0.279. The molecule has 0 aliphatic carbocycles. The molecule has 1 fully saturated rings. The maximum atomic E-state index is 13.1. The first-order valence-electron chi connectivity index (χ1n) is 5.68. The number of nitrogens with two attached hydrogens (primary N) is 1. The van der Waals surface area contributed by atoms with Crippen LogP contribution in [0.4, 0.5) is 10.1 Å². The number of nitrogens with zero attached hydrogens (tertiary/aromatic N) is 1. The van der Waals surface area contributed by atoms with Crippen molar-refractivity contribution in [3.8, 4) is 0 Å². The van der Waals surface area contributed by atoms with Gasteiger partial charge in [0.25, 0.3) is 0 Å². The van der Waals surface area contributed by atoms with Crippen molar-refractivity contribution in [2.24, 2.45) is 0 Å². The minimum Gasteiger partial charge on any atom is -0.398 e. The van der Waals surface area contributed by atoms with Crippen molar-refractivity contribution in [2.75, 3.05) is 25.4 Å². The Bertz CT molecular complexity index is 422. The first-order valence-corrected chi connectivity index (χ1v) is 5.68. The lowest BCUT2D eigenvalue weighted by Gasteiger charge is -2.19. The second-order valence-corrected chi connectivity index (χ2v) is 4.22. The third-order valence-electron chi connectivity index (χ3n) is 2.90. The van der Waals surface area contributed by atoms with E-state index in [1.807, 2.05) is 0 Å². The van der Waals surface area contributed by atoms with Gasteiger partial charge in [-0.15, -0.1) is 0 Å². The van der Waals surface area contributed by atoms with Gasteiger partial charge in [0.15, 0.2) is 0 Å². The summed E-state index contributed by atoms with van der Waals surface area (Å²) in [6.45, 7) is 2.66. The highest BCUT2D eigenvalue weighted by atomic mass is 19.1. The Morgan fingerprint density at radius 2 is 2.24 bits per heavy atom. The molecule has 1 aromatic carbocycles. The number of hydrogen-bond acceptors (Lipinski definition) is 3. The largest absolute Gasteiger partial charge is 0.398 e. The Morgan fingerprint density at radius 1 is 1.41 bits per heavy atom. The molecular formula is C12H16FN3O. The monoisotopic (exact) mass is 237 g/mol. The third kappa shape index (κ3) is 3.17. The summed E-state index contributed by atoms with van der Waals surface area (Å²) in [5.41, 5.74) is 7.17. The van der Waals surface area contributed by atoms with Crippen molar-refractivity contribution in [1.29, 1.82) is 0 Å². The van der Waals surface area contributed by atoms with Crippen molar-refractivity contribution in [3.05, 3.63) is 29.6 Å². The zero-order valence-corrected chi connectivity index (χ0v) is 9.58. The zero-order chi connectivity index (χ0) is 12.3. The summed E-state index contributed by atoms with van der Waals surface area (Å²) in [4.78, 5) is 13.3. The van der Waals surface area contributed by atoms with Gasteiger partial charge in [0.1, 0.15) is 5.82 Å². The number of halogens is 1. The van der Waals surface area contributed by atoms with Crippen LogP contribution in [0, 0.1) is 5.82 Å². The average molecular weight is 237 g/mol. The van der Waals surface area contributed by atoms with E-state index < -0.39 is 0 Å². The second kappa shape index (κ2) is 5.14. The molecule has 92 valence electrons. The molecule has 1 amide bonds. The molecule has 0 radical (unpaired) electrons. The summed E-state index contributed by atoms with van der Waals surface area (Å²) in [7, 11) is 0. The molecule has 0 aromatic heterocycles. The van der Waals surface area contributed by atoms with Gasteiger partial charge in [-0.25, -0.2) is 4.39 Å². The van der Waals surface area contributed by atoms with E-state index in [2.05, 4.69) is 10.2 Å². The van der Waals surface area contributed by atoms with E-state index in [-0.39, 0.29) is 11.7 Å². The fourth-order valence-electron chi connectivity index (χ4n) is 1.92. The van der Waals surface area contributed by atoms with Crippen LogP contribution in [0.1, 0.15) is 12.0 Å². The van der Waals surface area contributed by atoms with Crippen molar-refractivity contribution >= 4 is 11.6 Å². The number of anilines is 1. The Kier molecular flexibility index (Phi) is 3.58. The molecule has 1 aliphatic rings. The molecule has 1 aliphatic heterocycles. The standard InChI is InChI=1S/C12H16FN3O/c13-10-1-2-11(14)9(7-10)8-16-5-3-12(17)15-4-6-16/h1-2,7H,3-6,8,14H2,(H,15,17). The summed E-state index contributed by atoms with van der Waals surface area (Å²) in [5.74, 6) is -0.210. The Labute approximate surface area is 99.6 Å². The van der Waals surface area contributed by atoms with Crippen LogP contribution in [-0.4, -0.2) is 30.4 Å². The van der Waals surface area contributed by atoms with Gasteiger partial charge in [-0.05, 0) is 23.8 Å². The number of carbonyl (C=O) groups is 1. The number of amides is 1. The summed E-state index contributed by atoms with van der Waals surface area (Å²) < 4.78 is 13.1. The van der Waals surface area contributed by atoms with Crippen molar-refractivity contribution in [1.82, 2.24) is 10.2 Å². The molecule has 1 heterocycles. The average Bonchev–Trinajstić information content (AvgIpc) is 2.49. The number of nitrogens with one attached hydrogen (secondary N) is 1. The van der Waals surface area contributed by atoms with Crippen molar-refractivity contribution in [3.63, 3.8) is 0 Å². The highest BCUT2D eigenvalue weighted by molar-refractivity contribution is 5.76. The van der Waals surface area contributed by atoms with Gasteiger partial charge in [-0.1, -0.05) is 0 Å². The molecule has 0 bridgehead atoms. The van der Waals surface area contributed by atoms with Gasteiger partial charge in [0, 0.05) is 38.3 Å². The molecule has 0 spiro atoms. The van der Waals surface area contributed by atoms with Crippen LogP contribution in [0.3, 0.4) is 0 Å². The fourth-order valence-corrected chi connectivity index (χ4v) is 1.92. The first kappa shape index (κ1) is 11.9. The highest BCUT2D eigenvalue weighted by Crippen LogP contribution is 2.16. The number of carbonyl (C=O) groups excluding carboxylic acids is 1. The lowest BCUT2D eigenvalue weighted by Crippen LogP contribution is -2.28. The molecular weight excluding hydrogens is 221 g/mol. The van der Waals surface area contributed by atoms with Crippen LogP contribution in [0.5, 0.6) is 0 Å². The third-order valence-corrected chi connectivity index (χ3v) is 2.90. The number of nitrogen functional groups attached to an aromatic ring is 1. The molecule has 0 atom stereocenters. The Morgan fingerprint density at radius 3 is 3.06 bits per heavy atom. The summed E-state index contributed by atoms with van der Waals surface area (Å²) in [6.07, 6.45) is 0.481. The molecule has 3 N–H and O–H groups in total. The molecule has 17 heavy (non-hydrogen) atoms. The summed E-state index contributed by atoms with van der Waals surface area (Å²) in [6, 6.07) is 4.38. The van der Waals surface area contributed by atoms with E-state index in [9.17, 15) is 9.18 Å². The number of benzene rings is 1. The minimum absolute atomic E-state index is 0.0692. The maximum Gasteiger partial charge on any atom is 0.221 e. The topological polar surface area (TPSA) is 58.4 Å². The zero-order valence-electron chi connectivity index (χ0n) is 9.58. The first-order chi connectivity index (χ1) is 8.15. The Balaban J connectivity index is 2.04. The van der Waals surface area contributed by atoms with Gasteiger partial charge in [0.05, 0.1) is 0 Å². The van der Waals surface area contributed by atoms with E-state index in [4.69, 9.17) is 5.73 Å². The molecule has 0 unspecified atom stereocenters. The van der Waals surface area contributed by atoms with Crippen molar-refractivity contribution in [2.45, 2.75) is 13.0 Å². The van der Waals surface area contributed by atoms with Gasteiger partial charge in [-0.2, -0.15) is 0 Å². The molecule has 0 saturated carbocycles. The molecule has 4 nitrogen and oxygen atoms in total. The maximum absolute atomic E-state index is 13.1. The van der Waals surface area contributed by atoms with E-state index in [1.165, 1.54) is 12.1 Å². The normalized spacial score (nSPS) is 17.6. The van der Waals surface area contributed by atoms with Crippen LogP contribution in [0.15, 0.2) is 18.2 Å². The van der Waals surface area contributed by atoms with Crippen molar-refractivity contribution < 1.29 is 9.18 Å². The van der Waals surface area contributed by atoms with E-state index >= 15 is 0 Å². The predicted octanol–water partition coefficient (Wildman–Crippen LogP) is 0.730. The molecule has 1 saturated heterocycles. The van der Waals surface area contributed by atoms with Crippen LogP contribution in [0.2, 0.25) is 0 Å². The van der Waals surface area contributed by atoms with Crippen LogP contribution < -0.4 is 11.1 Å². The van der Waals surface area contributed by atoms with Crippen LogP contribution in [0.25, 0.3) is 0 Å². The number of rotatable bonds is 2. The molecule has 2 rings (SSSR count). The smallest absolute Gasteiger partial charge is 0.221 e. The summed E-state index contributed by atoms with van der Waals surface area (Å²) >= 11 is 0. The SMILES string of the molecule is Nc1ccc(F)cc1CN1CCNC(=O)CC1. The molecule has 1 aromatic rings. The summed E-state index contributed by atoms with van der Waals surface area (Å²) in [5, 5.41) is 2.80. The Hall–Kier alpha value is -1.62. The van der Waals surface area contributed by atoms with Gasteiger partial charge in [-0.3, -0.25) is 9.69 Å². The van der Waals surface area contributed by atoms with E-state index in [0.717, 1.165) is 12.1 Å². The predicted molar refractivity (Wildman–Crippen MR) is 63.7 cm³/mol. The second-order valence-electron chi connectivity index (χ2n) is 4.22.